The van der Waals surface area contributed by atoms with E-state index in [2.05, 4.69) is 6.92 Å². The Morgan fingerprint density at radius 3 is 1.83 bits per heavy atom. The minimum atomic E-state index is -0.393. The smallest absolute Gasteiger partial charge is 0.338 e. The molecule has 1 aliphatic rings. The fourth-order valence-corrected chi connectivity index (χ4v) is 5.13. The summed E-state index contributed by atoms with van der Waals surface area (Å²) in [5.74, 6) is -0.926. The van der Waals surface area contributed by atoms with Crippen molar-refractivity contribution in [1.82, 2.24) is 0 Å². The minimum Gasteiger partial charge on any atom is -0.462 e. The van der Waals surface area contributed by atoms with Gasteiger partial charge in [0.05, 0.1) is 11.5 Å². The highest BCUT2D eigenvalue weighted by Crippen LogP contribution is 2.29. The van der Waals surface area contributed by atoms with Crippen molar-refractivity contribution >= 4 is 11.9 Å². The van der Waals surface area contributed by atoms with Crippen molar-refractivity contribution < 1.29 is 19.1 Å². The Morgan fingerprint density at radius 2 is 1.31 bits per heavy atom. The lowest BCUT2D eigenvalue weighted by Gasteiger charge is -2.34. The zero-order valence-electron chi connectivity index (χ0n) is 22.5. The number of cyclic esters (lactones) is 1. The third-order valence-electron chi connectivity index (χ3n) is 7.37. The highest BCUT2D eigenvalue weighted by Gasteiger charge is 2.39. The van der Waals surface area contributed by atoms with Gasteiger partial charge in [-0.05, 0) is 31.4 Å². The second kappa shape index (κ2) is 18.4. The summed E-state index contributed by atoms with van der Waals surface area (Å²) in [6.07, 6.45) is 21.7. The summed E-state index contributed by atoms with van der Waals surface area (Å²) in [7, 11) is 0. The summed E-state index contributed by atoms with van der Waals surface area (Å²) in [4.78, 5) is 25.0. The third-order valence-corrected chi connectivity index (χ3v) is 7.37. The maximum Gasteiger partial charge on any atom is 0.338 e. The molecule has 0 aliphatic carbocycles. The average Bonchev–Trinajstić information content (AvgIpc) is 2.87. The van der Waals surface area contributed by atoms with E-state index in [0.717, 1.165) is 12.8 Å². The van der Waals surface area contributed by atoms with Gasteiger partial charge in [-0.15, -0.1) is 0 Å². The van der Waals surface area contributed by atoms with Crippen molar-refractivity contribution in [2.24, 2.45) is 5.92 Å². The number of benzene rings is 1. The van der Waals surface area contributed by atoms with Gasteiger partial charge in [0.25, 0.3) is 0 Å². The molecule has 3 unspecified atom stereocenters. The van der Waals surface area contributed by atoms with Gasteiger partial charge < -0.3 is 9.47 Å². The Kier molecular flexibility index (Phi) is 15.5. The van der Waals surface area contributed by atoms with Gasteiger partial charge in [0.15, 0.2) is 0 Å². The van der Waals surface area contributed by atoms with E-state index in [1.54, 1.807) is 12.1 Å². The topological polar surface area (TPSA) is 52.6 Å². The maximum absolute atomic E-state index is 12.5. The molecule has 0 spiro atoms. The van der Waals surface area contributed by atoms with E-state index >= 15 is 0 Å². The van der Waals surface area contributed by atoms with Crippen LogP contribution < -0.4 is 0 Å². The van der Waals surface area contributed by atoms with Crippen LogP contribution in [0.25, 0.3) is 0 Å². The van der Waals surface area contributed by atoms with Gasteiger partial charge in [-0.2, -0.15) is 0 Å². The summed E-state index contributed by atoms with van der Waals surface area (Å²) in [5.41, 5.74) is 0.528. The molecule has 0 radical (unpaired) electrons. The molecule has 2 rings (SSSR count). The summed E-state index contributed by atoms with van der Waals surface area (Å²) in [6.45, 7) is 4.22. The predicted octanol–water partition coefficient (Wildman–Crippen LogP) is 8.82. The van der Waals surface area contributed by atoms with E-state index in [1.165, 1.54) is 89.9 Å². The molecule has 35 heavy (non-hydrogen) atoms. The van der Waals surface area contributed by atoms with E-state index in [9.17, 15) is 9.59 Å². The van der Waals surface area contributed by atoms with Crippen molar-refractivity contribution in [3.63, 3.8) is 0 Å². The van der Waals surface area contributed by atoms with E-state index in [4.69, 9.17) is 9.47 Å². The number of rotatable bonds is 19. The van der Waals surface area contributed by atoms with Crippen molar-refractivity contribution in [1.29, 1.82) is 0 Å². The van der Waals surface area contributed by atoms with Crippen molar-refractivity contribution in [3.8, 4) is 0 Å². The lowest BCUT2D eigenvalue weighted by atomic mass is 9.90. The van der Waals surface area contributed by atoms with Gasteiger partial charge in [-0.1, -0.05) is 122 Å². The van der Waals surface area contributed by atoms with E-state index in [0.29, 0.717) is 18.4 Å². The fourth-order valence-electron chi connectivity index (χ4n) is 5.13. The van der Waals surface area contributed by atoms with Gasteiger partial charge in [0.2, 0.25) is 0 Å². The number of carbonyl (C=O) groups excluding carboxylic acids is 2. The molecule has 0 aromatic heterocycles. The number of ether oxygens (including phenoxy) is 2. The quantitative estimate of drug-likeness (QED) is 0.145. The van der Waals surface area contributed by atoms with Crippen LogP contribution in [0.1, 0.15) is 140 Å². The predicted molar refractivity (Wildman–Crippen MR) is 143 cm³/mol. The molecule has 4 heteroatoms. The Labute approximate surface area is 214 Å². The lowest BCUT2D eigenvalue weighted by Crippen LogP contribution is -2.43. The molecule has 1 aliphatic heterocycles. The monoisotopic (exact) mass is 486 g/mol. The highest BCUT2D eigenvalue weighted by molar-refractivity contribution is 5.89. The first kappa shape index (κ1) is 29.4. The van der Waals surface area contributed by atoms with E-state index in [1.807, 2.05) is 25.1 Å². The van der Waals surface area contributed by atoms with Crippen LogP contribution in [0.15, 0.2) is 30.3 Å². The van der Waals surface area contributed by atoms with Crippen LogP contribution in [0, 0.1) is 5.92 Å². The summed E-state index contributed by atoms with van der Waals surface area (Å²) in [6, 6.07) is 9.01. The lowest BCUT2D eigenvalue weighted by molar-refractivity contribution is -0.170. The molecule has 3 atom stereocenters. The van der Waals surface area contributed by atoms with E-state index in [-0.39, 0.29) is 24.0 Å². The minimum absolute atomic E-state index is 0.138. The van der Waals surface area contributed by atoms with Crippen molar-refractivity contribution in [2.45, 2.75) is 142 Å². The van der Waals surface area contributed by atoms with Gasteiger partial charge in [0, 0.05) is 6.42 Å². The molecule has 1 aromatic rings. The molecule has 1 saturated heterocycles. The zero-order valence-corrected chi connectivity index (χ0v) is 22.5. The van der Waals surface area contributed by atoms with Gasteiger partial charge in [-0.3, -0.25) is 4.79 Å². The van der Waals surface area contributed by atoms with Crippen LogP contribution >= 0.6 is 0 Å². The Balaban J connectivity index is 1.53. The molecule has 198 valence electrons. The van der Waals surface area contributed by atoms with Crippen molar-refractivity contribution in [2.75, 3.05) is 0 Å². The number of hydrogen-bond acceptors (Lipinski definition) is 4. The molecule has 1 fully saturated rings. The van der Waals surface area contributed by atoms with Crippen LogP contribution in [-0.4, -0.2) is 24.1 Å². The molecule has 0 N–H and O–H groups in total. The average molecular weight is 487 g/mol. The zero-order chi connectivity index (χ0) is 25.1. The Bertz CT molecular complexity index is 686. The van der Waals surface area contributed by atoms with E-state index < -0.39 is 6.10 Å². The molecular weight excluding hydrogens is 436 g/mol. The molecule has 1 heterocycles. The van der Waals surface area contributed by atoms with Crippen LogP contribution in [0.3, 0.4) is 0 Å². The fraction of sp³-hybridized carbons (Fsp3) is 0.742. The van der Waals surface area contributed by atoms with Gasteiger partial charge in [0.1, 0.15) is 12.2 Å². The molecule has 0 amide bonds. The standard InChI is InChI=1S/C31H50O4/c1-3-5-6-7-8-9-10-11-12-13-14-15-16-17-21-24-27-25-29(28(4-2)31(33)34-27)35-30(32)26-22-19-18-20-23-26/h18-20,22-23,27-29H,3-17,21,24-25H2,1-2H3. The van der Waals surface area contributed by atoms with Crippen LogP contribution in [0.2, 0.25) is 0 Å². The molecular formula is C31H50O4. The Hall–Kier alpha value is -1.84. The highest BCUT2D eigenvalue weighted by atomic mass is 16.6. The Morgan fingerprint density at radius 1 is 0.800 bits per heavy atom. The molecule has 4 nitrogen and oxygen atoms in total. The second-order valence-corrected chi connectivity index (χ2v) is 10.4. The maximum atomic E-state index is 12.5. The van der Waals surface area contributed by atoms with Crippen LogP contribution in [-0.2, 0) is 14.3 Å². The van der Waals surface area contributed by atoms with Crippen LogP contribution in [0.5, 0.6) is 0 Å². The first-order valence-electron chi connectivity index (χ1n) is 14.6. The number of esters is 2. The summed E-state index contributed by atoms with van der Waals surface area (Å²) < 4.78 is 11.5. The van der Waals surface area contributed by atoms with Gasteiger partial charge in [-0.25, -0.2) is 4.79 Å². The number of unbranched alkanes of at least 4 members (excludes halogenated alkanes) is 14. The summed E-state index contributed by atoms with van der Waals surface area (Å²) >= 11 is 0. The third kappa shape index (κ3) is 12.1. The number of carbonyl (C=O) groups is 2. The van der Waals surface area contributed by atoms with Crippen molar-refractivity contribution in [3.05, 3.63) is 35.9 Å². The molecule has 0 bridgehead atoms. The second-order valence-electron chi connectivity index (χ2n) is 10.4. The van der Waals surface area contributed by atoms with Crippen LogP contribution in [0.4, 0.5) is 0 Å². The first-order chi connectivity index (χ1) is 17.2. The molecule has 1 aromatic carbocycles. The SMILES string of the molecule is CCCCCCCCCCCCCCCCCC1CC(OC(=O)c2ccccc2)C(CC)C(=O)O1. The first-order valence-corrected chi connectivity index (χ1v) is 14.6. The molecule has 0 saturated carbocycles. The largest absolute Gasteiger partial charge is 0.462 e. The normalized spacial score (nSPS) is 19.9. The van der Waals surface area contributed by atoms with Gasteiger partial charge >= 0.3 is 11.9 Å². The summed E-state index contributed by atoms with van der Waals surface area (Å²) in [5, 5.41) is 0. The number of hydrogen-bond donors (Lipinski definition) is 0.